The first-order valence-electron chi connectivity index (χ1n) is 7.21. The van der Waals surface area contributed by atoms with E-state index in [4.69, 9.17) is 5.11 Å². The van der Waals surface area contributed by atoms with Crippen LogP contribution in [0, 0.1) is 5.92 Å². The maximum Gasteiger partial charge on any atom is 0.326 e. The zero-order valence-corrected chi connectivity index (χ0v) is 12.2. The molecule has 1 rings (SSSR count). The maximum atomic E-state index is 11.9. The topological polar surface area (TPSA) is 86.7 Å². The zero-order valence-electron chi connectivity index (χ0n) is 12.2. The number of amides is 2. The Bertz CT molecular complexity index is 368. The number of carboxylic acids is 1. The number of nitrogens with one attached hydrogen (secondary N) is 1. The highest BCUT2D eigenvalue weighted by Gasteiger charge is 2.25. The van der Waals surface area contributed by atoms with Gasteiger partial charge in [0.15, 0.2) is 0 Å². The Hall–Kier alpha value is -1.59. The minimum Gasteiger partial charge on any atom is -0.480 e. The molecule has 0 aromatic carbocycles. The average molecular weight is 284 g/mol. The van der Waals surface area contributed by atoms with Gasteiger partial charge in [0, 0.05) is 13.0 Å². The lowest BCUT2D eigenvalue weighted by Gasteiger charge is -2.25. The molecule has 0 spiro atoms. The van der Waals surface area contributed by atoms with Gasteiger partial charge in [0.05, 0.1) is 6.54 Å². The number of hydrogen-bond acceptors (Lipinski definition) is 3. The highest BCUT2D eigenvalue weighted by molar-refractivity contribution is 5.88. The lowest BCUT2D eigenvalue weighted by Crippen LogP contribution is -2.49. The number of likely N-dealkylation sites (tertiary alicyclic amines) is 1. The summed E-state index contributed by atoms with van der Waals surface area (Å²) in [4.78, 5) is 36.4. The lowest BCUT2D eigenvalue weighted by molar-refractivity contribution is -0.143. The molecule has 0 aliphatic carbocycles. The summed E-state index contributed by atoms with van der Waals surface area (Å²) in [6.45, 7) is 4.00. The van der Waals surface area contributed by atoms with Crippen LogP contribution in [-0.4, -0.2) is 46.9 Å². The minimum atomic E-state index is -1.05. The minimum absolute atomic E-state index is 0.0173. The molecule has 2 N–H and O–H groups in total. The third kappa shape index (κ3) is 5.19. The van der Waals surface area contributed by atoms with Gasteiger partial charge >= 0.3 is 5.97 Å². The first-order chi connectivity index (χ1) is 9.41. The van der Waals surface area contributed by atoms with E-state index in [1.165, 1.54) is 4.90 Å². The molecule has 1 fully saturated rings. The predicted molar refractivity (Wildman–Crippen MR) is 74.1 cm³/mol. The molecule has 1 saturated heterocycles. The molecule has 1 atom stereocenters. The van der Waals surface area contributed by atoms with Crippen molar-refractivity contribution in [3.05, 3.63) is 0 Å². The molecule has 1 aliphatic heterocycles. The van der Waals surface area contributed by atoms with E-state index in [-0.39, 0.29) is 18.4 Å². The molecule has 0 bridgehead atoms. The maximum absolute atomic E-state index is 11.9. The van der Waals surface area contributed by atoms with Gasteiger partial charge in [-0.15, -0.1) is 0 Å². The summed E-state index contributed by atoms with van der Waals surface area (Å²) in [7, 11) is 0. The molecule has 0 aromatic heterocycles. The molecule has 1 aliphatic rings. The molecule has 20 heavy (non-hydrogen) atoms. The monoisotopic (exact) mass is 284 g/mol. The van der Waals surface area contributed by atoms with Crippen LogP contribution in [0.15, 0.2) is 0 Å². The van der Waals surface area contributed by atoms with E-state index in [1.807, 2.05) is 0 Å². The summed E-state index contributed by atoms with van der Waals surface area (Å²) >= 11 is 0. The van der Waals surface area contributed by atoms with Crippen LogP contribution >= 0.6 is 0 Å². The Balaban J connectivity index is 2.54. The van der Waals surface area contributed by atoms with Gasteiger partial charge in [-0.2, -0.15) is 0 Å². The van der Waals surface area contributed by atoms with Gasteiger partial charge < -0.3 is 15.3 Å². The van der Waals surface area contributed by atoms with Crippen LogP contribution in [0.5, 0.6) is 0 Å². The number of carboxylic acid groups (broad SMARTS) is 1. The quantitative estimate of drug-likeness (QED) is 0.788. The Kier molecular flexibility index (Phi) is 6.48. The van der Waals surface area contributed by atoms with Crippen LogP contribution in [0.2, 0.25) is 0 Å². The van der Waals surface area contributed by atoms with E-state index < -0.39 is 17.9 Å². The fourth-order valence-corrected chi connectivity index (χ4v) is 2.29. The molecule has 1 heterocycles. The van der Waals surface area contributed by atoms with Crippen molar-refractivity contribution < 1.29 is 19.5 Å². The normalized spacial score (nSPS) is 18.4. The van der Waals surface area contributed by atoms with Crippen molar-refractivity contribution in [2.75, 3.05) is 13.1 Å². The standard InChI is InChI=1S/C14H24N2O4/c1-10(2)13(14(19)20)15-11(17)9-16-8-6-4-3-5-7-12(16)18/h10,13H,3-9H2,1-2H3,(H,15,17)(H,19,20)/t13-/m1/s1. The molecule has 114 valence electrons. The Morgan fingerprint density at radius 1 is 1.25 bits per heavy atom. The van der Waals surface area contributed by atoms with Gasteiger partial charge in [0.25, 0.3) is 0 Å². The van der Waals surface area contributed by atoms with Gasteiger partial charge in [-0.1, -0.05) is 26.7 Å². The number of hydrogen-bond donors (Lipinski definition) is 2. The molecule has 0 radical (unpaired) electrons. The largest absolute Gasteiger partial charge is 0.480 e. The number of carbonyl (C=O) groups is 3. The smallest absolute Gasteiger partial charge is 0.326 e. The van der Waals surface area contributed by atoms with Crippen LogP contribution in [0.25, 0.3) is 0 Å². The summed E-state index contributed by atoms with van der Waals surface area (Å²) < 4.78 is 0. The van der Waals surface area contributed by atoms with E-state index in [2.05, 4.69) is 5.32 Å². The third-order valence-electron chi connectivity index (χ3n) is 3.51. The lowest BCUT2D eigenvalue weighted by atomic mass is 10.0. The van der Waals surface area contributed by atoms with Crippen molar-refractivity contribution in [1.29, 1.82) is 0 Å². The van der Waals surface area contributed by atoms with Gasteiger partial charge in [-0.05, 0) is 18.8 Å². The second-order valence-corrected chi connectivity index (χ2v) is 5.61. The fourth-order valence-electron chi connectivity index (χ4n) is 2.29. The van der Waals surface area contributed by atoms with E-state index >= 15 is 0 Å². The third-order valence-corrected chi connectivity index (χ3v) is 3.51. The first-order valence-corrected chi connectivity index (χ1v) is 7.21. The molecule has 0 unspecified atom stereocenters. The van der Waals surface area contributed by atoms with Crippen molar-refractivity contribution in [2.24, 2.45) is 5.92 Å². The molecule has 0 aromatic rings. The summed E-state index contributed by atoms with van der Waals surface area (Å²) in [5.74, 6) is -1.66. The summed E-state index contributed by atoms with van der Waals surface area (Å²) in [5.41, 5.74) is 0. The van der Waals surface area contributed by atoms with Crippen LogP contribution in [0.1, 0.15) is 46.0 Å². The van der Waals surface area contributed by atoms with Crippen molar-refractivity contribution in [3.63, 3.8) is 0 Å². The average Bonchev–Trinajstić information content (AvgIpc) is 2.35. The van der Waals surface area contributed by atoms with Gasteiger partial charge in [-0.25, -0.2) is 4.79 Å². The summed E-state index contributed by atoms with van der Waals surface area (Å²) in [5, 5.41) is 11.5. The predicted octanol–water partition coefficient (Wildman–Crippen LogP) is 1.00. The van der Waals surface area contributed by atoms with Crippen molar-refractivity contribution in [3.8, 4) is 0 Å². The van der Waals surface area contributed by atoms with Gasteiger partial charge in [0.1, 0.15) is 6.04 Å². The van der Waals surface area contributed by atoms with Gasteiger partial charge in [-0.3, -0.25) is 9.59 Å². The van der Waals surface area contributed by atoms with Crippen LogP contribution in [0.4, 0.5) is 0 Å². The van der Waals surface area contributed by atoms with E-state index in [9.17, 15) is 14.4 Å². The van der Waals surface area contributed by atoms with Crippen molar-refractivity contribution in [1.82, 2.24) is 10.2 Å². The molecule has 6 nitrogen and oxygen atoms in total. The molecule has 2 amide bonds. The van der Waals surface area contributed by atoms with E-state index in [1.54, 1.807) is 13.8 Å². The summed E-state index contributed by atoms with van der Waals surface area (Å²) in [6, 6.07) is -0.910. The molecular formula is C14H24N2O4. The van der Waals surface area contributed by atoms with E-state index in [0.29, 0.717) is 13.0 Å². The van der Waals surface area contributed by atoms with Crippen LogP contribution in [0.3, 0.4) is 0 Å². The highest BCUT2D eigenvalue weighted by Crippen LogP contribution is 2.11. The van der Waals surface area contributed by atoms with Gasteiger partial charge in [0.2, 0.25) is 11.8 Å². The second kappa shape index (κ2) is 7.87. The molecule has 6 heteroatoms. The van der Waals surface area contributed by atoms with Crippen LogP contribution in [-0.2, 0) is 14.4 Å². The Morgan fingerprint density at radius 3 is 2.50 bits per heavy atom. The number of carbonyl (C=O) groups excluding carboxylic acids is 2. The second-order valence-electron chi connectivity index (χ2n) is 5.61. The molecule has 0 saturated carbocycles. The number of aliphatic carboxylic acids is 1. The first kappa shape index (κ1) is 16.5. The molecular weight excluding hydrogens is 260 g/mol. The summed E-state index contributed by atoms with van der Waals surface area (Å²) in [6.07, 6.45) is 4.35. The Morgan fingerprint density at radius 2 is 1.90 bits per heavy atom. The van der Waals surface area contributed by atoms with E-state index in [0.717, 1.165) is 25.7 Å². The Labute approximate surface area is 119 Å². The SMILES string of the molecule is CC(C)[C@@H](NC(=O)CN1CCCCCCC1=O)C(=O)O. The number of rotatable bonds is 5. The number of nitrogens with zero attached hydrogens (tertiary/aromatic N) is 1. The van der Waals surface area contributed by atoms with Crippen LogP contribution < -0.4 is 5.32 Å². The fraction of sp³-hybridized carbons (Fsp3) is 0.786. The highest BCUT2D eigenvalue weighted by atomic mass is 16.4. The van der Waals surface area contributed by atoms with Crippen molar-refractivity contribution in [2.45, 2.75) is 52.0 Å². The zero-order chi connectivity index (χ0) is 15.1. The van der Waals surface area contributed by atoms with Crippen molar-refractivity contribution >= 4 is 17.8 Å².